The van der Waals surface area contributed by atoms with Crippen molar-refractivity contribution in [3.05, 3.63) is 59.0 Å². The van der Waals surface area contributed by atoms with Gasteiger partial charge in [-0.15, -0.1) is 0 Å². The number of halogens is 1. The lowest BCUT2D eigenvalue weighted by Crippen LogP contribution is -2.51. The van der Waals surface area contributed by atoms with Crippen LogP contribution in [-0.4, -0.2) is 49.4 Å². The topological polar surface area (TPSA) is 65.8 Å². The van der Waals surface area contributed by atoms with Crippen LogP contribution in [0.15, 0.2) is 46.9 Å². The van der Waals surface area contributed by atoms with Gasteiger partial charge in [-0.25, -0.2) is 0 Å². The summed E-state index contributed by atoms with van der Waals surface area (Å²) in [4.78, 5) is 28.4. The average molecular weight is 428 g/mol. The summed E-state index contributed by atoms with van der Waals surface area (Å²) in [5, 5.41) is 3.36. The third kappa shape index (κ3) is 5.05. The van der Waals surface area contributed by atoms with Crippen LogP contribution in [0.1, 0.15) is 30.8 Å². The van der Waals surface area contributed by atoms with E-state index in [0.29, 0.717) is 35.7 Å². The Morgan fingerprint density at radius 1 is 1.20 bits per heavy atom. The summed E-state index contributed by atoms with van der Waals surface area (Å²) in [5.41, 5.74) is 1.06. The number of hydrogen-bond donors (Lipinski definition) is 1. The zero-order chi connectivity index (χ0) is 21.1. The fourth-order valence-electron chi connectivity index (χ4n) is 3.75. The van der Waals surface area contributed by atoms with E-state index < -0.39 is 0 Å². The molecule has 2 unspecified atom stereocenters. The van der Waals surface area contributed by atoms with Crippen molar-refractivity contribution in [3.63, 3.8) is 0 Å². The molecule has 0 spiro atoms. The second-order valence-electron chi connectivity index (χ2n) is 7.96. The number of benzene rings is 1. The Kier molecular flexibility index (Phi) is 6.13. The fourth-order valence-corrected chi connectivity index (χ4v) is 3.94. The Morgan fingerprint density at radius 3 is 2.67 bits per heavy atom. The van der Waals surface area contributed by atoms with Gasteiger partial charge in [-0.2, -0.15) is 0 Å². The van der Waals surface area contributed by atoms with Crippen molar-refractivity contribution >= 4 is 35.2 Å². The van der Waals surface area contributed by atoms with E-state index in [1.807, 2.05) is 36.4 Å². The number of carbonyl (C=O) groups is 2. The van der Waals surface area contributed by atoms with E-state index in [2.05, 4.69) is 17.1 Å². The van der Waals surface area contributed by atoms with E-state index in [0.717, 1.165) is 31.0 Å². The predicted octanol–water partition coefficient (Wildman–Crippen LogP) is 3.53. The van der Waals surface area contributed by atoms with Crippen LogP contribution in [0.25, 0.3) is 6.08 Å². The van der Waals surface area contributed by atoms with Gasteiger partial charge in [0.2, 0.25) is 11.8 Å². The van der Waals surface area contributed by atoms with Crippen molar-refractivity contribution in [2.24, 2.45) is 5.92 Å². The molecule has 1 N–H and O–H groups in total. The molecule has 2 heterocycles. The molecule has 2 atom stereocenters. The van der Waals surface area contributed by atoms with Gasteiger partial charge < -0.3 is 19.5 Å². The summed E-state index contributed by atoms with van der Waals surface area (Å²) in [6.07, 6.45) is 4.20. The number of nitrogens with zero attached hydrogens (tertiary/aromatic N) is 2. The van der Waals surface area contributed by atoms with Crippen LogP contribution in [-0.2, 0) is 9.59 Å². The van der Waals surface area contributed by atoms with Crippen LogP contribution < -0.4 is 10.2 Å². The number of nitrogens with one attached hydrogen (secondary N) is 1. The Bertz CT molecular complexity index is 947. The molecule has 1 aromatic heterocycles. The number of piperazine rings is 1. The second kappa shape index (κ2) is 8.96. The fraction of sp³-hybridized carbons (Fsp3) is 0.391. The van der Waals surface area contributed by atoms with Gasteiger partial charge in [0.05, 0.1) is 6.54 Å². The average Bonchev–Trinajstić information content (AvgIpc) is 3.30. The third-order valence-corrected chi connectivity index (χ3v) is 5.98. The van der Waals surface area contributed by atoms with E-state index in [-0.39, 0.29) is 18.4 Å². The molecule has 6 nitrogen and oxygen atoms in total. The lowest BCUT2D eigenvalue weighted by Gasteiger charge is -2.36. The third-order valence-electron chi connectivity index (χ3n) is 5.74. The number of hydrogen-bond acceptors (Lipinski definition) is 4. The normalized spacial score (nSPS) is 21.1. The quantitative estimate of drug-likeness (QED) is 0.716. The molecular weight excluding hydrogens is 402 g/mol. The molecule has 158 valence electrons. The van der Waals surface area contributed by atoms with Gasteiger partial charge in [-0.1, -0.05) is 24.6 Å². The van der Waals surface area contributed by atoms with Gasteiger partial charge in [-0.05, 0) is 48.7 Å². The number of carbonyl (C=O) groups excluding carboxylic acids is 2. The van der Waals surface area contributed by atoms with Gasteiger partial charge in [0.25, 0.3) is 0 Å². The van der Waals surface area contributed by atoms with E-state index in [1.165, 1.54) is 6.08 Å². The maximum Gasteiger partial charge on any atom is 0.244 e. The lowest BCUT2D eigenvalue weighted by atomic mass is 10.2. The van der Waals surface area contributed by atoms with E-state index in [9.17, 15) is 9.59 Å². The monoisotopic (exact) mass is 427 g/mol. The highest BCUT2D eigenvalue weighted by Crippen LogP contribution is 2.47. The number of amides is 2. The van der Waals surface area contributed by atoms with Gasteiger partial charge >= 0.3 is 0 Å². The first-order valence-corrected chi connectivity index (χ1v) is 10.7. The zero-order valence-electron chi connectivity index (χ0n) is 17.0. The van der Waals surface area contributed by atoms with Gasteiger partial charge in [0, 0.05) is 48.9 Å². The van der Waals surface area contributed by atoms with Gasteiger partial charge in [0.15, 0.2) is 0 Å². The number of furan rings is 1. The van der Waals surface area contributed by atoms with Crippen LogP contribution >= 0.6 is 11.6 Å². The number of anilines is 1. The van der Waals surface area contributed by atoms with Gasteiger partial charge in [-0.3, -0.25) is 9.59 Å². The highest BCUT2D eigenvalue weighted by atomic mass is 35.5. The summed E-state index contributed by atoms with van der Waals surface area (Å²) in [6.45, 7) is 4.89. The first kappa shape index (κ1) is 20.5. The van der Waals surface area contributed by atoms with Crippen LogP contribution in [0.3, 0.4) is 0 Å². The highest BCUT2D eigenvalue weighted by Gasteiger charge is 2.36. The number of rotatable bonds is 6. The van der Waals surface area contributed by atoms with Crippen molar-refractivity contribution in [1.29, 1.82) is 0 Å². The Balaban J connectivity index is 1.20. The lowest BCUT2D eigenvalue weighted by molar-refractivity contribution is -0.132. The summed E-state index contributed by atoms with van der Waals surface area (Å²) in [5.74, 6) is 2.44. The van der Waals surface area contributed by atoms with Crippen LogP contribution in [0, 0.1) is 5.92 Å². The van der Waals surface area contributed by atoms with Crippen LogP contribution in [0.5, 0.6) is 0 Å². The molecule has 1 aliphatic heterocycles. The molecule has 1 saturated carbocycles. The summed E-state index contributed by atoms with van der Waals surface area (Å²) in [7, 11) is 0. The second-order valence-corrected chi connectivity index (χ2v) is 8.39. The van der Waals surface area contributed by atoms with E-state index in [1.54, 1.807) is 11.0 Å². The smallest absolute Gasteiger partial charge is 0.244 e. The van der Waals surface area contributed by atoms with Crippen molar-refractivity contribution in [3.8, 4) is 0 Å². The van der Waals surface area contributed by atoms with Crippen molar-refractivity contribution in [2.75, 3.05) is 37.6 Å². The molecule has 30 heavy (non-hydrogen) atoms. The molecule has 0 bridgehead atoms. The molecule has 1 saturated heterocycles. The maximum atomic E-state index is 12.4. The van der Waals surface area contributed by atoms with E-state index in [4.69, 9.17) is 16.0 Å². The molecule has 2 aromatic rings. The standard InChI is InChI=1S/C23H26ClN3O3/c1-16-13-20(16)21-7-5-19(30-21)6-8-22(28)25-15-23(29)27-11-9-26(10-12-27)18-4-2-3-17(24)14-18/h2-8,14,16,20H,9-13,15H2,1H3,(H,25,28)/b8-6+. The molecule has 1 aliphatic carbocycles. The molecule has 1 aromatic carbocycles. The molecule has 4 rings (SSSR count). The first-order valence-electron chi connectivity index (χ1n) is 10.3. The summed E-state index contributed by atoms with van der Waals surface area (Å²) < 4.78 is 5.75. The molecule has 2 fully saturated rings. The van der Waals surface area contributed by atoms with Crippen molar-refractivity contribution < 1.29 is 14.0 Å². The van der Waals surface area contributed by atoms with Crippen molar-refractivity contribution in [1.82, 2.24) is 10.2 Å². The largest absolute Gasteiger partial charge is 0.461 e. The minimum atomic E-state index is -0.307. The molecule has 2 aliphatic rings. The van der Waals surface area contributed by atoms with Crippen LogP contribution in [0.4, 0.5) is 5.69 Å². The molecule has 7 heteroatoms. The first-order chi connectivity index (χ1) is 14.5. The highest BCUT2D eigenvalue weighted by molar-refractivity contribution is 6.30. The molecule has 0 radical (unpaired) electrons. The van der Waals surface area contributed by atoms with Gasteiger partial charge in [0.1, 0.15) is 11.5 Å². The zero-order valence-corrected chi connectivity index (χ0v) is 17.8. The molecule has 2 amide bonds. The van der Waals surface area contributed by atoms with E-state index >= 15 is 0 Å². The Labute approximate surface area is 181 Å². The SMILES string of the molecule is CC1CC1c1ccc(/C=C/C(=O)NCC(=O)N2CCN(c3cccc(Cl)c3)CC2)o1. The summed E-state index contributed by atoms with van der Waals surface area (Å²) >= 11 is 6.06. The maximum absolute atomic E-state index is 12.4. The Morgan fingerprint density at radius 2 is 1.97 bits per heavy atom. The predicted molar refractivity (Wildman–Crippen MR) is 118 cm³/mol. The van der Waals surface area contributed by atoms with Crippen LogP contribution in [0.2, 0.25) is 5.02 Å². The summed E-state index contributed by atoms with van der Waals surface area (Å²) in [6, 6.07) is 11.6. The molecular formula is C23H26ClN3O3. The minimum Gasteiger partial charge on any atom is -0.461 e. The van der Waals surface area contributed by atoms with Crippen molar-refractivity contribution in [2.45, 2.75) is 19.3 Å². The Hall–Kier alpha value is -2.73. The minimum absolute atomic E-state index is 0.0106.